The molecular formula is C12H17N3O3. The van der Waals surface area contributed by atoms with Crippen LogP contribution in [0.1, 0.15) is 29.7 Å². The third kappa shape index (κ3) is 3.51. The van der Waals surface area contributed by atoms with Gasteiger partial charge in [-0.1, -0.05) is 6.92 Å². The first-order valence-corrected chi connectivity index (χ1v) is 5.65. The Bertz CT molecular complexity index is 462. The fourth-order valence-corrected chi connectivity index (χ4v) is 1.73. The fraction of sp³-hybridized carbons (Fsp3) is 0.500. The van der Waals surface area contributed by atoms with Crippen LogP contribution in [-0.2, 0) is 22.4 Å². The lowest BCUT2D eigenvalue weighted by atomic mass is 9.99. The SMILES string of the molecule is Cc1nc(CC(N)=O)nc(C)c1CC(C)C(=O)O. The molecule has 98 valence electrons. The van der Waals surface area contributed by atoms with Crippen molar-refractivity contribution in [2.24, 2.45) is 11.7 Å². The van der Waals surface area contributed by atoms with E-state index < -0.39 is 17.8 Å². The first-order valence-electron chi connectivity index (χ1n) is 5.65. The zero-order valence-corrected chi connectivity index (χ0v) is 10.7. The van der Waals surface area contributed by atoms with E-state index in [4.69, 9.17) is 10.8 Å². The molecule has 1 atom stereocenters. The van der Waals surface area contributed by atoms with Gasteiger partial charge >= 0.3 is 5.97 Å². The number of nitrogens with two attached hydrogens (primary N) is 1. The van der Waals surface area contributed by atoms with Gasteiger partial charge < -0.3 is 10.8 Å². The molecule has 0 spiro atoms. The largest absolute Gasteiger partial charge is 0.481 e. The van der Waals surface area contributed by atoms with Crippen molar-refractivity contribution >= 4 is 11.9 Å². The molecule has 1 amide bonds. The quantitative estimate of drug-likeness (QED) is 0.787. The van der Waals surface area contributed by atoms with Crippen LogP contribution in [0, 0.1) is 19.8 Å². The Hall–Kier alpha value is -1.98. The predicted octanol–water partition coefficient (Wildman–Crippen LogP) is 0.384. The number of carbonyl (C=O) groups excluding carboxylic acids is 1. The molecule has 1 aromatic rings. The highest BCUT2D eigenvalue weighted by Crippen LogP contribution is 2.15. The van der Waals surface area contributed by atoms with Crippen LogP contribution in [0.3, 0.4) is 0 Å². The topological polar surface area (TPSA) is 106 Å². The lowest BCUT2D eigenvalue weighted by Crippen LogP contribution is -2.19. The number of aromatic nitrogens is 2. The van der Waals surface area contributed by atoms with E-state index in [1.807, 2.05) is 0 Å². The molecule has 0 saturated carbocycles. The van der Waals surface area contributed by atoms with E-state index in [0.29, 0.717) is 23.6 Å². The smallest absolute Gasteiger partial charge is 0.306 e. The van der Waals surface area contributed by atoms with Gasteiger partial charge in [-0.05, 0) is 25.8 Å². The van der Waals surface area contributed by atoms with Gasteiger partial charge in [-0.15, -0.1) is 0 Å². The minimum atomic E-state index is -0.852. The molecule has 1 unspecified atom stereocenters. The molecule has 1 aromatic heterocycles. The maximum absolute atomic E-state index is 10.8. The van der Waals surface area contributed by atoms with Crippen molar-refractivity contribution in [2.45, 2.75) is 33.6 Å². The van der Waals surface area contributed by atoms with Gasteiger partial charge in [-0.25, -0.2) is 9.97 Å². The Kier molecular flexibility index (Phi) is 4.36. The summed E-state index contributed by atoms with van der Waals surface area (Å²) in [4.78, 5) is 30.0. The van der Waals surface area contributed by atoms with Crippen molar-refractivity contribution in [1.29, 1.82) is 0 Å². The number of amides is 1. The second kappa shape index (κ2) is 5.57. The normalized spacial score (nSPS) is 12.2. The van der Waals surface area contributed by atoms with Crippen molar-refractivity contribution in [3.8, 4) is 0 Å². The minimum Gasteiger partial charge on any atom is -0.481 e. The van der Waals surface area contributed by atoms with E-state index in [0.717, 1.165) is 5.56 Å². The van der Waals surface area contributed by atoms with Gasteiger partial charge in [-0.3, -0.25) is 9.59 Å². The average molecular weight is 251 g/mol. The summed E-state index contributed by atoms with van der Waals surface area (Å²) >= 11 is 0. The van der Waals surface area contributed by atoms with E-state index in [1.54, 1.807) is 20.8 Å². The minimum absolute atomic E-state index is 0.00353. The Balaban J connectivity index is 3.01. The fourth-order valence-electron chi connectivity index (χ4n) is 1.73. The third-order valence-corrected chi connectivity index (χ3v) is 2.73. The Labute approximate surface area is 105 Å². The van der Waals surface area contributed by atoms with Crippen LogP contribution in [0.25, 0.3) is 0 Å². The van der Waals surface area contributed by atoms with Gasteiger partial charge in [0, 0.05) is 11.4 Å². The first-order chi connectivity index (χ1) is 8.31. The van der Waals surface area contributed by atoms with Gasteiger partial charge in [0.2, 0.25) is 5.91 Å². The van der Waals surface area contributed by atoms with Crippen LogP contribution in [0.4, 0.5) is 0 Å². The van der Waals surface area contributed by atoms with E-state index in [2.05, 4.69) is 9.97 Å². The van der Waals surface area contributed by atoms with Gasteiger partial charge in [0.25, 0.3) is 0 Å². The summed E-state index contributed by atoms with van der Waals surface area (Å²) in [5.41, 5.74) is 7.31. The molecule has 6 heteroatoms. The summed E-state index contributed by atoms with van der Waals surface area (Å²) in [7, 11) is 0. The van der Waals surface area contributed by atoms with E-state index >= 15 is 0 Å². The second-order valence-electron chi connectivity index (χ2n) is 4.38. The Morgan fingerprint density at radius 3 is 2.17 bits per heavy atom. The van der Waals surface area contributed by atoms with Crippen LogP contribution in [-0.4, -0.2) is 27.0 Å². The van der Waals surface area contributed by atoms with Crippen molar-refractivity contribution < 1.29 is 14.7 Å². The Morgan fingerprint density at radius 2 is 1.78 bits per heavy atom. The molecule has 6 nitrogen and oxygen atoms in total. The summed E-state index contributed by atoms with van der Waals surface area (Å²) in [6, 6.07) is 0. The number of aliphatic carboxylic acids is 1. The van der Waals surface area contributed by atoms with Crippen LogP contribution in [0.2, 0.25) is 0 Å². The number of carboxylic acids is 1. The zero-order valence-electron chi connectivity index (χ0n) is 10.7. The molecule has 0 saturated heterocycles. The van der Waals surface area contributed by atoms with Crippen LogP contribution in [0.5, 0.6) is 0 Å². The van der Waals surface area contributed by atoms with Crippen molar-refractivity contribution in [1.82, 2.24) is 9.97 Å². The summed E-state index contributed by atoms with van der Waals surface area (Å²) in [6.07, 6.45) is 0.375. The summed E-state index contributed by atoms with van der Waals surface area (Å²) in [5.74, 6) is -1.45. The van der Waals surface area contributed by atoms with Crippen molar-refractivity contribution in [3.05, 3.63) is 22.8 Å². The summed E-state index contributed by atoms with van der Waals surface area (Å²) in [6.45, 7) is 5.20. The first kappa shape index (κ1) is 14.1. The standard InChI is InChI=1S/C12H17N3O3/c1-6(12(17)18)4-9-7(2)14-11(5-10(13)16)15-8(9)3/h6H,4-5H2,1-3H3,(H2,13,16)(H,17,18). The zero-order chi connectivity index (χ0) is 13.9. The van der Waals surface area contributed by atoms with Crippen molar-refractivity contribution in [2.75, 3.05) is 0 Å². The number of carbonyl (C=O) groups is 2. The Morgan fingerprint density at radius 1 is 1.28 bits per heavy atom. The molecule has 0 aliphatic carbocycles. The van der Waals surface area contributed by atoms with Crippen LogP contribution in [0.15, 0.2) is 0 Å². The van der Waals surface area contributed by atoms with E-state index in [-0.39, 0.29) is 6.42 Å². The second-order valence-corrected chi connectivity index (χ2v) is 4.38. The molecule has 0 aliphatic rings. The highest BCUT2D eigenvalue weighted by molar-refractivity contribution is 5.75. The monoisotopic (exact) mass is 251 g/mol. The van der Waals surface area contributed by atoms with Gasteiger partial charge in [0.15, 0.2) is 0 Å². The molecule has 1 rings (SSSR count). The molecule has 0 radical (unpaired) electrons. The molecule has 18 heavy (non-hydrogen) atoms. The highest BCUT2D eigenvalue weighted by Gasteiger charge is 2.17. The van der Waals surface area contributed by atoms with Gasteiger partial charge in [-0.2, -0.15) is 0 Å². The number of nitrogens with zero attached hydrogens (tertiary/aromatic N) is 2. The summed E-state index contributed by atoms with van der Waals surface area (Å²) in [5, 5.41) is 8.90. The van der Waals surface area contributed by atoms with E-state index in [9.17, 15) is 9.59 Å². The molecule has 3 N–H and O–H groups in total. The molecule has 0 bridgehead atoms. The number of aryl methyl sites for hydroxylation is 2. The lowest BCUT2D eigenvalue weighted by Gasteiger charge is -2.12. The molecule has 1 heterocycles. The number of rotatable bonds is 5. The highest BCUT2D eigenvalue weighted by atomic mass is 16.4. The van der Waals surface area contributed by atoms with E-state index in [1.165, 1.54) is 0 Å². The lowest BCUT2D eigenvalue weighted by molar-refractivity contribution is -0.141. The van der Waals surface area contributed by atoms with Gasteiger partial charge in [0.05, 0.1) is 12.3 Å². The summed E-state index contributed by atoms with van der Waals surface area (Å²) < 4.78 is 0. The number of hydrogen-bond donors (Lipinski definition) is 2. The molecule has 0 fully saturated rings. The molecular weight excluding hydrogens is 234 g/mol. The van der Waals surface area contributed by atoms with Crippen LogP contribution < -0.4 is 5.73 Å². The maximum atomic E-state index is 10.8. The van der Waals surface area contributed by atoms with Crippen LogP contribution >= 0.6 is 0 Å². The predicted molar refractivity (Wildman–Crippen MR) is 64.9 cm³/mol. The number of hydrogen-bond acceptors (Lipinski definition) is 4. The maximum Gasteiger partial charge on any atom is 0.306 e. The molecule has 0 aromatic carbocycles. The van der Waals surface area contributed by atoms with Crippen molar-refractivity contribution in [3.63, 3.8) is 0 Å². The third-order valence-electron chi connectivity index (χ3n) is 2.73. The average Bonchev–Trinajstić information content (AvgIpc) is 2.21. The number of primary amides is 1. The molecule has 0 aliphatic heterocycles. The van der Waals surface area contributed by atoms with Gasteiger partial charge in [0.1, 0.15) is 5.82 Å². The number of carboxylic acid groups (broad SMARTS) is 1.